The zero-order valence-corrected chi connectivity index (χ0v) is 13.8. The summed E-state index contributed by atoms with van der Waals surface area (Å²) < 4.78 is 37.1. The van der Waals surface area contributed by atoms with E-state index in [1.54, 1.807) is 24.3 Å². The topological polar surface area (TPSA) is 60.2 Å². The van der Waals surface area contributed by atoms with Crippen LogP contribution in [0.15, 0.2) is 51.8 Å². The molecular formula is C15H15BrFNO2S. The van der Waals surface area contributed by atoms with Gasteiger partial charge in [-0.1, -0.05) is 28.1 Å². The molecule has 0 fully saturated rings. The molecule has 2 rings (SSSR count). The Kier molecular flexibility index (Phi) is 4.81. The predicted molar refractivity (Wildman–Crippen MR) is 84.3 cm³/mol. The first-order chi connectivity index (χ1) is 9.75. The van der Waals surface area contributed by atoms with Crippen LogP contribution in [0.25, 0.3) is 0 Å². The zero-order valence-electron chi connectivity index (χ0n) is 11.4. The summed E-state index contributed by atoms with van der Waals surface area (Å²) in [5.41, 5.74) is 7.56. The van der Waals surface area contributed by atoms with E-state index in [2.05, 4.69) is 15.9 Å². The van der Waals surface area contributed by atoms with Crippen molar-refractivity contribution in [2.75, 3.05) is 6.26 Å². The van der Waals surface area contributed by atoms with E-state index in [-0.39, 0.29) is 10.7 Å². The van der Waals surface area contributed by atoms with Crippen LogP contribution in [0.1, 0.15) is 17.2 Å². The quantitative estimate of drug-likeness (QED) is 0.897. The number of benzene rings is 2. The van der Waals surface area contributed by atoms with Crippen LogP contribution in [0.5, 0.6) is 0 Å². The maximum Gasteiger partial charge on any atom is 0.175 e. The molecule has 3 nitrogen and oxygen atoms in total. The number of rotatable bonds is 4. The summed E-state index contributed by atoms with van der Waals surface area (Å²) >= 11 is 3.24. The van der Waals surface area contributed by atoms with Crippen molar-refractivity contribution in [2.45, 2.75) is 17.4 Å². The second kappa shape index (κ2) is 6.25. The van der Waals surface area contributed by atoms with Gasteiger partial charge in [-0.2, -0.15) is 0 Å². The Morgan fingerprint density at radius 2 is 1.95 bits per heavy atom. The van der Waals surface area contributed by atoms with Gasteiger partial charge in [0.05, 0.1) is 4.90 Å². The summed E-state index contributed by atoms with van der Waals surface area (Å²) in [5, 5.41) is 0. The molecule has 112 valence electrons. The van der Waals surface area contributed by atoms with Crippen molar-refractivity contribution in [3.05, 3.63) is 63.9 Å². The van der Waals surface area contributed by atoms with E-state index >= 15 is 0 Å². The number of hydrogen-bond acceptors (Lipinski definition) is 3. The third-order valence-corrected chi connectivity index (χ3v) is 4.66. The fourth-order valence-electron chi connectivity index (χ4n) is 2.08. The highest BCUT2D eigenvalue weighted by atomic mass is 79.9. The van der Waals surface area contributed by atoms with Crippen molar-refractivity contribution in [3.63, 3.8) is 0 Å². The fraction of sp³-hybridized carbons (Fsp3) is 0.200. The minimum absolute atomic E-state index is 0.232. The maximum absolute atomic E-state index is 13.4. The van der Waals surface area contributed by atoms with Crippen molar-refractivity contribution < 1.29 is 12.8 Å². The van der Waals surface area contributed by atoms with Crippen molar-refractivity contribution in [1.82, 2.24) is 0 Å². The van der Waals surface area contributed by atoms with Gasteiger partial charge >= 0.3 is 0 Å². The first-order valence-electron chi connectivity index (χ1n) is 6.26. The maximum atomic E-state index is 13.4. The summed E-state index contributed by atoms with van der Waals surface area (Å²) in [5.74, 6) is -0.337. The Bertz CT molecular complexity index is 742. The van der Waals surface area contributed by atoms with E-state index < -0.39 is 15.9 Å². The van der Waals surface area contributed by atoms with Gasteiger partial charge in [-0.3, -0.25) is 0 Å². The number of halogens is 2. The van der Waals surface area contributed by atoms with Crippen LogP contribution in [0.3, 0.4) is 0 Å². The van der Waals surface area contributed by atoms with E-state index in [0.29, 0.717) is 16.5 Å². The van der Waals surface area contributed by atoms with Crippen molar-refractivity contribution in [3.8, 4) is 0 Å². The van der Waals surface area contributed by atoms with Gasteiger partial charge in [0.2, 0.25) is 0 Å². The first-order valence-corrected chi connectivity index (χ1v) is 8.95. The molecule has 2 aromatic rings. The Labute approximate surface area is 132 Å². The van der Waals surface area contributed by atoms with Gasteiger partial charge in [0.15, 0.2) is 9.84 Å². The minimum atomic E-state index is -3.27. The molecule has 0 spiro atoms. The van der Waals surface area contributed by atoms with Crippen molar-refractivity contribution >= 4 is 25.8 Å². The molecule has 0 heterocycles. The van der Waals surface area contributed by atoms with E-state index in [0.717, 1.165) is 11.8 Å². The van der Waals surface area contributed by atoms with Gasteiger partial charge in [0, 0.05) is 16.8 Å². The molecule has 0 aliphatic carbocycles. The van der Waals surface area contributed by atoms with Crippen LogP contribution in [-0.2, 0) is 16.3 Å². The van der Waals surface area contributed by atoms with Gasteiger partial charge < -0.3 is 5.73 Å². The molecule has 21 heavy (non-hydrogen) atoms. The Morgan fingerprint density at radius 3 is 2.57 bits per heavy atom. The minimum Gasteiger partial charge on any atom is -0.324 e. The molecule has 2 aromatic carbocycles. The highest BCUT2D eigenvalue weighted by molar-refractivity contribution is 9.10. The zero-order chi connectivity index (χ0) is 15.6. The van der Waals surface area contributed by atoms with E-state index in [9.17, 15) is 12.8 Å². The molecule has 0 aliphatic rings. The average Bonchev–Trinajstić information content (AvgIpc) is 2.36. The lowest BCUT2D eigenvalue weighted by atomic mass is 10.00. The van der Waals surface area contributed by atoms with Crippen molar-refractivity contribution in [1.29, 1.82) is 0 Å². The van der Waals surface area contributed by atoms with Crippen LogP contribution in [0.4, 0.5) is 4.39 Å². The van der Waals surface area contributed by atoms with Crippen LogP contribution in [-0.4, -0.2) is 14.7 Å². The van der Waals surface area contributed by atoms with Crippen LogP contribution in [0, 0.1) is 5.82 Å². The molecule has 0 radical (unpaired) electrons. The summed E-state index contributed by atoms with van der Waals surface area (Å²) in [4.78, 5) is 0.232. The van der Waals surface area contributed by atoms with Gasteiger partial charge in [-0.05, 0) is 47.9 Å². The molecule has 1 atom stereocenters. The monoisotopic (exact) mass is 371 g/mol. The number of sulfone groups is 1. The number of hydrogen-bond donors (Lipinski definition) is 1. The molecule has 0 amide bonds. The highest BCUT2D eigenvalue weighted by Crippen LogP contribution is 2.22. The predicted octanol–water partition coefficient (Wildman–Crippen LogP) is 3.23. The smallest absolute Gasteiger partial charge is 0.175 e. The van der Waals surface area contributed by atoms with Gasteiger partial charge in [0.25, 0.3) is 0 Å². The Morgan fingerprint density at radius 1 is 1.24 bits per heavy atom. The normalized spacial score (nSPS) is 13.1. The van der Waals surface area contributed by atoms with E-state index in [4.69, 9.17) is 5.73 Å². The van der Waals surface area contributed by atoms with Gasteiger partial charge in [-0.25, -0.2) is 12.8 Å². The summed E-state index contributed by atoms with van der Waals surface area (Å²) in [6.45, 7) is 0. The lowest BCUT2D eigenvalue weighted by molar-refractivity contribution is 0.601. The SMILES string of the molecule is CS(=O)(=O)c1cccc(C(N)Cc2cc(F)cc(Br)c2)c1. The summed E-state index contributed by atoms with van der Waals surface area (Å²) in [7, 11) is -3.27. The van der Waals surface area contributed by atoms with E-state index in [1.807, 2.05) is 0 Å². The summed E-state index contributed by atoms with van der Waals surface area (Å²) in [6.07, 6.45) is 1.57. The standard InChI is InChI=1S/C15H15BrFNO2S/c1-21(19,20)14-4-2-3-11(8-14)15(18)7-10-5-12(16)9-13(17)6-10/h2-6,8-9,15H,7,18H2,1H3. The van der Waals surface area contributed by atoms with Gasteiger partial charge in [0.1, 0.15) is 5.82 Å². The molecule has 6 heteroatoms. The second-order valence-corrected chi connectivity index (χ2v) is 7.86. The molecule has 0 aromatic heterocycles. The fourth-order valence-corrected chi connectivity index (χ4v) is 3.27. The highest BCUT2D eigenvalue weighted by Gasteiger charge is 2.12. The number of nitrogens with two attached hydrogens (primary N) is 1. The largest absolute Gasteiger partial charge is 0.324 e. The van der Waals surface area contributed by atoms with Gasteiger partial charge in [-0.15, -0.1) is 0 Å². The molecule has 1 unspecified atom stereocenters. The molecule has 2 N–H and O–H groups in total. The first kappa shape index (κ1) is 16.1. The lowest BCUT2D eigenvalue weighted by Gasteiger charge is -2.13. The molecular weight excluding hydrogens is 357 g/mol. The Hall–Kier alpha value is -1.24. The average molecular weight is 372 g/mol. The van der Waals surface area contributed by atoms with E-state index in [1.165, 1.54) is 18.2 Å². The molecule has 0 bridgehead atoms. The van der Waals surface area contributed by atoms with Crippen LogP contribution >= 0.6 is 15.9 Å². The lowest BCUT2D eigenvalue weighted by Crippen LogP contribution is -2.14. The summed E-state index contributed by atoms with van der Waals surface area (Å²) in [6, 6.07) is 10.7. The van der Waals surface area contributed by atoms with Crippen LogP contribution in [0.2, 0.25) is 0 Å². The Balaban J connectivity index is 2.26. The third kappa shape index (κ3) is 4.36. The van der Waals surface area contributed by atoms with Crippen molar-refractivity contribution in [2.24, 2.45) is 5.73 Å². The molecule has 0 saturated carbocycles. The third-order valence-electron chi connectivity index (χ3n) is 3.09. The molecule has 0 aliphatic heterocycles. The van der Waals surface area contributed by atoms with Crippen LogP contribution < -0.4 is 5.73 Å². The second-order valence-electron chi connectivity index (χ2n) is 4.93. The molecule has 0 saturated heterocycles.